The van der Waals surface area contributed by atoms with Crippen LogP contribution in [0, 0.1) is 0 Å². The normalized spacial score (nSPS) is 11.6. The van der Waals surface area contributed by atoms with Gasteiger partial charge in [0.1, 0.15) is 0 Å². The lowest BCUT2D eigenvalue weighted by Crippen LogP contribution is -2.17. The van der Waals surface area contributed by atoms with Gasteiger partial charge in [0.05, 0.1) is 23.8 Å². The van der Waals surface area contributed by atoms with Crippen LogP contribution >= 0.6 is 0 Å². The van der Waals surface area contributed by atoms with Gasteiger partial charge in [-0.2, -0.15) is 0 Å². The molecule has 0 aromatic carbocycles. The average Bonchev–Trinajstić information content (AvgIpc) is 3.19. The summed E-state index contributed by atoms with van der Waals surface area (Å²) < 4.78 is 9.10. The maximum absolute atomic E-state index is 13.0. The number of allylic oxidation sites excluding steroid dienone is 2. The van der Waals surface area contributed by atoms with Crippen LogP contribution in [-0.4, -0.2) is 20.7 Å². The molecule has 7 nitrogen and oxygen atoms in total. The van der Waals surface area contributed by atoms with Crippen LogP contribution in [0.2, 0.25) is 0 Å². The first-order valence-corrected chi connectivity index (χ1v) is 23.3. The zero-order valence-electron chi connectivity index (χ0n) is 36.8. The number of unbranched alkanes of at least 4 members (excludes halogenated alkanes) is 28. The van der Waals surface area contributed by atoms with E-state index in [4.69, 9.17) is 4.74 Å². The molecule has 0 saturated carbocycles. The van der Waals surface area contributed by atoms with Crippen LogP contribution in [0.5, 0.6) is 11.5 Å². The first-order chi connectivity index (χ1) is 27.8. The van der Waals surface area contributed by atoms with E-state index in [2.05, 4.69) is 13.8 Å². The Labute approximate surface area is 346 Å². The largest absolute Gasteiger partial charge is 0.446 e. The van der Waals surface area contributed by atoms with Crippen molar-refractivity contribution in [2.24, 2.45) is 0 Å². The molecule has 2 heterocycles. The zero-order valence-corrected chi connectivity index (χ0v) is 36.8. The maximum atomic E-state index is 13.0. The van der Waals surface area contributed by atoms with Gasteiger partial charge in [-0.1, -0.05) is 193 Å². The SMILES string of the molecule is CCCCCCCCCCCCCCCCC=Cn1cc(Oc2cn(C=CCCCCCCCCCCCCCCCC)c(C(C)=O)cc2=O)c(=O)cc1C(C)=O. The van der Waals surface area contributed by atoms with Gasteiger partial charge in [0, 0.05) is 38.4 Å². The molecule has 2 rings (SSSR count). The Bertz CT molecular complexity index is 1450. The summed E-state index contributed by atoms with van der Waals surface area (Å²) in [6.45, 7) is 7.39. The molecule has 0 bridgehead atoms. The number of pyridine rings is 2. The monoisotopic (exact) mass is 789 g/mol. The third kappa shape index (κ3) is 22.9. The molecule has 0 atom stereocenters. The summed E-state index contributed by atoms with van der Waals surface area (Å²) in [5, 5.41) is 0. The molecule has 0 spiro atoms. The summed E-state index contributed by atoms with van der Waals surface area (Å²) in [5.41, 5.74) is -0.487. The molecular formula is C50H80N2O5. The molecule has 7 heteroatoms. The Hall–Kier alpha value is -3.48. The Morgan fingerprint density at radius 3 is 0.982 bits per heavy atom. The third-order valence-electron chi connectivity index (χ3n) is 11.0. The van der Waals surface area contributed by atoms with Crippen LogP contribution < -0.4 is 15.6 Å². The molecule has 0 aliphatic heterocycles. The molecule has 0 fully saturated rings. The number of ether oxygens (including phenoxy) is 1. The predicted molar refractivity (Wildman–Crippen MR) is 242 cm³/mol. The lowest BCUT2D eigenvalue weighted by Gasteiger charge is -2.12. The van der Waals surface area contributed by atoms with Crippen LogP contribution in [0.25, 0.3) is 12.4 Å². The minimum atomic E-state index is -0.494. The van der Waals surface area contributed by atoms with Crippen LogP contribution in [0.1, 0.15) is 241 Å². The topological polar surface area (TPSA) is 87.4 Å². The maximum Gasteiger partial charge on any atom is 0.224 e. The second-order valence-corrected chi connectivity index (χ2v) is 16.3. The fourth-order valence-corrected chi connectivity index (χ4v) is 7.43. The number of nitrogens with zero attached hydrogens (tertiary/aromatic N) is 2. The Morgan fingerprint density at radius 1 is 0.456 bits per heavy atom. The number of rotatable bonds is 36. The minimum Gasteiger partial charge on any atom is -0.446 e. The fraction of sp³-hybridized carbons (Fsp3) is 0.680. The van der Waals surface area contributed by atoms with Crippen molar-refractivity contribution in [1.82, 2.24) is 9.13 Å². The van der Waals surface area contributed by atoms with E-state index < -0.39 is 10.9 Å². The molecule has 57 heavy (non-hydrogen) atoms. The number of carbonyl (C=O) groups excluding carboxylic acids is 2. The van der Waals surface area contributed by atoms with Gasteiger partial charge in [-0.25, -0.2) is 0 Å². The van der Waals surface area contributed by atoms with E-state index in [1.54, 1.807) is 21.5 Å². The summed E-state index contributed by atoms with van der Waals surface area (Å²) in [7, 11) is 0. The van der Waals surface area contributed by atoms with Crippen molar-refractivity contribution in [3.63, 3.8) is 0 Å². The van der Waals surface area contributed by atoms with Gasteiger partial charge in [-0.15, -0.1) is 0 Å². The number of hydrogen-bond acceptors (Lipinski definition) is 5. The molecule has 320 valence electrons. The smallest absolute Gasteiger partial charge is 0.224 e. The first kappa shape index (κ1) is 49.7. The zero-order chi connectivity index (χ0) is 41.4. The highest BCUT2D eigenvalue weighted by Crippen LogP contribution is 2.19. The molecule has 0 amide bonds. The van der Waals surface area contributed by atoms with Crippen LogP contribution in [0.15, 0.2) is 46.3 Å². The Morgan fingerprint density at radius 2 is 0.719 bits per heavy atom. The number of aromatic nitrogens is 2. The second-order valence-electron chi connectivity index (χ2n) is 16.3. The second kappa shape index (κ2) is 32.5. The van der Waals surface area contributed by atoms with Gasteiger partial charge >= 0.3 is 0 Å². The van der Waals surface area contributed by atoms with Gasteiger partial charge < -0.3 is 13.9 Å². The number of carbonyl (C=O) groups is 2. The number of hydrogen-bond donors (Lipinski definition) is 0. The molecule has 0 aliphatic carbocycles. The summed E-state index contributed by atoms with van der Waals surface area (Å²) in [6, 6.07) is 2.51. The van der Waals surface area contributed by atoms with E-state index in [0.717, 1.165) is 38.5 Å². The van der Waals surface area contributed by atoms with Crippen LogP contribution in [-0.2, 0) is 0 Å². The van der Waals surface area contributed by atoms with Crippen LogP contribution in [0.3, 0.4) is 0 Å². The lowest BCUT2D eigenvalue weighted by molar-refractivity contribution is 0.0998. The average molecular weight is 789 g/mol. The van der Waals surface area contributed by atoms with Gasteiger partial charge in [-0.05, 0) is 25.7 Å². The standard InChI is InChI=1S/C50H80N2O5/c1-5-7-9-11-13-15-17-19-21-23-25-27-29-31-33-35-37-51-41-49(47(55)39-45(51)43(3)53)57-50-42-52(46(44(4)54)40-48(50)56)38-36-34-32-30-28-26-24-22-20-18-16-14-12-10-8-6-2/h35-42H,5-34H2,1-4H3. The molecule has 2 aromatic rings. The summed E-state index contributed by atoms with van der Waals surface area (Å²) in [4.78, 5) is 50.9. The van der Waals surface area contributed by atoms with Gasteiger partial charge in [0.2, 0.25) is 10.9 Å². The third-order valence-corrected chi connectivity index (χ3v) is 11.0. The van der Waals surface area contributed by atoms with E-state index in [0.29, 0.717) is 0 Å². The van der Waals surface area contributed by atoms with Crippen molar-refractivity contribution in [2.45, 2.75) is 220 Å². The molecular weight excluding hydrogens is 709 g/mol. The predicted octanol–water partition coefficient (Wildman–Crippen LogP) is 14.9. The first-order valence-electron chi connectivity index (χ1n) is 23.3. The van der Waals surface area contributed by atoms with E-state index in [1.165, 1.54) is 192 Å². The Kier molecular flexibility index (Phi) is 28.3. The van der Waals surface area contributed by atoms with Crippen molar-refractivity contribution >= 4 is 24.0 Å². The summed E-state index contributed by atoms with van der Waals surface area (Å²) in [6.07, 6.45) is 49.0. The van der Waals surface area contributed by atoms with Crippen molar-refractivity contribution in [1.29, 1.82) is 0 Å². The van der Waals surface area contributed by atoms with Crippen molar-refractivity contribution in [2.75, 3.05) is 0 Å². The van der Waals surface area contributed by atoms with Gasteiger partial charge in [0.15, 0.2) is 23.1 Å². The molecule has 0 radical (unpaired) electrons. The quantitative estimate of drug-likeness (QED) is 0.0507. The van der Waals surface area contributed by atoms with E-state index >= 15 is 0 Å². The Balaban J connectivity index is 1.83. The van der Waals surface area contributed by atoms with Gasteiger partial charge in [-0.3, -0.25) is 19.2 Å². The van der Waals surface area contributed by atoms with Crippen molar-refractivity contribution < 1.29 is 14.3 Å². The van der Waals surface area contributed by atoms with Crippen molar-refractivity contribution in [3.05, 3.63) is 68.5 Å². The molecule has 2 aromatic heterocycles. The summed E-state index contributed by atoms with van der Waals surface area (Å²) >= 11 is 0. The van der Waals surface area contributed by atoms with Crippen molar-refractivity contribution in [3.8, 4) is 11.5 Å². The van der Waals surface area contributed by atoms with E-state index in [1.807, 2.05) is 12.2 Å². The van der Waals surface area contributed by atoms with Gasteiger partial charge in [0.25, 0.3) is 0 Å². The number of Topliss-reactive ketones (excluding diaryl/α,β-unsaturated/α-hetero) is 2. The van der Waals surface area contributed by atoms with E-state index in [9.17, 15) is 19.2 Å². The molecule has 0 aliphatic rings. The highest BCUT2D eigenvalue weighted by molar-refractivity contribution is 5.93. The van der Waals surface area contributed by atoms with Crippen LogP contribution in [0.4, 0.5) is 0 Å². The molecule has 0 unspecified atom stereocenters. The number of ketones is 2. The van der Waals surface area contributed by atoms with E-state index in [-0.39, 0.29) is 34.5 Å². The molecule has 0 saturated heterocycles. The highest BCUT2D eigenvalue weighted by atomic mass is 16.5. The molecule has 0 N–H and O–H groups in total. The minimum absolute atomic E-state index is 0.0632. The highest BCUT2D eigenvalue weighted by Gasteiger charge is 2.15. The fourth-order valence-electron chi connectivity index (χ4n) is 7.43. The summed E-state index contributed by atoms with van der Waals surface area (Å²) in [5.74, 6) is -0.604. The lowest BCUT2D eigenvalue weighted by atomic mass is 10.0.